The third-order valence-corrected chi connectivity index (χ3v) is 6.94. The lowest BCUT2D eigenvalue weighted by Crippen LogP contribution is -2.49. The minimum Gasteiger partial charge on any atom is -0.356 e. The fourth-order valence-corrected chi connectivity index (χ4v) is 4.58. The summed E-state index contributed by atoms with van der Waals surface area (Å²) in [5, 5.41) is 7.28. The molecule has 26 heavy (non-hydrogen) atoms. The molecule has 0 amide bonds. The van der Waals surface area contributed by atoms with E-state index < -0.39 is 0 Å². The summed E-state index contributed by atoms with van der Waals surface area (Å²) < 4.78 is 1.15. The molecule has 0 aromatic heterocycles. The molecule has 2 saturated carbocycles. The lowest BCUT2D eigenvalue weighted by atomic mass is 10.0. The molecule has 3 aliphatic rings. The summed E-state index contributed by atoms with van der Waals surface area (Å²) in [5.74, 6) is 2.00. The van der Waals surface area contributed by atoms with Crippen LogP contribution < -0.4 is 10.6 Å². The quantitative estimate of drug-likeness (QED) is 0.545. The number of guanidine groups is 1. The van der Waals surface area contributed by atoms with Gasteiger partial charge in [-0.1, -0.05) is 28.1 Å². The average molecular weight is 419 g/mol. The number of halogens is 1. The molecule has 4 nitrogen and oxygen atoms in total. The summed E-state index contributed by atoms with van der Waals surface area (Å²) in [7, 11) is 1.90. The van der Waals surface area contributed by atoms with Gasteiger partial charge in [-0.2, -0.15) is 0 Å². The Bertz CT molecular complexity index is 626. The van der Waals surface area contributed by atoms with E-state index in [-0.39, 0.29) is 0 Å². The molecule has 2 N–H and O–H groups in total. The maximum Gasteiger partial charge on any atom is 0.191 e. The predicted octanol–water partition coefficient (Wildman–Crippen LogP) is 3.77. The number of benzene rings is 1. The van der Waals surface area contributed by atoms with E-state index in [1.54, 1.807) is 0 Å². The number of rotatable bonds is 6. The molecular weight excluding hydrogens is 388 g/mol. The normalized spacial score (nSPS) is 23.7. The van der Waals surface area contributed by atoms with Crippen molar-refractivity contribution >= 4 is 21.9 Å². The van der Waals surface area contributed by atoms with Gasteiger partial charge in [-0.05, 0) is 67.6 Å². The van der Waals surface area contributed by atoms with Crippen molar-refractivity contribution in [3.8, 4) is 0 Å². The monoisotopic (exact) mass is 418 g/mol. The van der Waals surface area contributed by atoms with Gasteiger partial charge in [0, 0.05) is 43.7 Å². The third kappa shape index (κ3) is 4.61. The molecule has 1 aromatic carbocycles. The van der Waals surface area contributed by atoms with Crippen LogP contribution in [-0.4, -0.2) is 43.6 Å². The molecular formula is C21H31BrN4. The summed E-state index contributed by atoms with van der Waals surface area (Å²) >= 11 is 3.51. The summed E-state index contributed by atoms with van der Waals surface area (Å²) in [6, 6.07) is 9.24. The van der Waals surface area contributed by atoms with Crippen LogP contribution in [0.25, 0.3) is 0 Å². The summed E-state index contributed by atoms with van der Waals surface area (Å²) in [6.45, 7) is 4.46. The highest BCUT2D eigenvalue weighted by Crippen LogP contribution is 2.60. The van der Waals surface area contributed by atoms with E-state index in [0.29, 0.717) is 11.5 Å². The number of aliphatic imine (C=N–C) groups is 1. The molecule has 1 aromatic rings. The van der Waals surface area contributed by atoms with Crippen LogP contribution in [0.5, 0.6) is 0 Å². The molecule has 0 radical (unpaired) electrons. The van der Waals surface area contributed by atoms with Crippen LogP contribution in [0.3, 0.4) is 0 Å². The van der Waals surface area contributed by atoms with Crippen LogP contribution in [0.2, 0.25) is 0 Å². The van der Waals surface area contributed by atoms with Crippen molar-refractivity contribution in [2.75, 3.05) is 26.7 Å². The van der Waals surface area contributed by atoms with Gasteiger partial charge in [0.25, 0.3) is 0 Å². The molecule has 4 rings (SSSR count). The molecule has 2 aliphatic carbocycles. The Morgan fingerprint density at radius 3 is 2.42 bits per heavy atom. The van der Waals surface area contributed by atoms with Crippen LogP contribution in [0.1, 0.15) is 44.1 Å². The number of nitrogens with one attached hydrogen (secondary N) is 2. The number of hydrogen-bond acceptors (Lipinski definition) is 2. The van der Waals surface area contributed by atoms with Gasteiger partial charge in [-0.3, -0.25) is 9.89 Å². The molecule has 1 aliphatic heterocycles. The smallest absolute Gasteiger partial charge is 0.191 e. The second kappa shape index (κ2) is 7.89. The van der Waals surface area contributed by atoms with Gasteiger partial charge in [0.2, 0.25) is 0 Å². The van der Waals surface area contributed by atoms with Crippen LogP contribution in [0, 0.1) is 11.3 Å². The molecule has 0 spiro atoms. The molecule has 0 atom stereocenters. The van der Waals surface area contributed by atoms with Gasteiger partial charge in [0.15, 0.2) is 5.96 Å². The maximum absolute atomic E-state index is 4.46. The zero-order valence-electron chi connectivity index (χ0n) is 15.8. The lowest BCUT2D eigenvalue weighted by Gasteiger charge is -2.33. The molecule has 5 heteroatoms. The zero-order valence-corrected chi connectivity index (χ0v) is 17.4. The van der Waals surface area contributed by atoms with Crippen molar-refractivity contribution in [1.29, 1.82) is 0 Å². The van der Waals surface area contributed by atoms with E-state index in [1.165, 1.54) is 44.1 Å². The Morgan fingerprint density at radius 2 is 1.85 bits per heavy atom. The zero-order chi connectivity index (χ0) is 18.0. The molecule has 1 heterocycles. The molecule has 1 saturated heterocycles. The summed E-state index contributed by atoms with van der Waals surface area (Å²) in [5.41, 5.74) is 2.01. The number of nitrogens with zero attached hydrogens (tertiary/aromatic N) is 2. The lowest BCUT2D eigenvalue weighted by molar-refractivity contribution is 0.198. The SMILES string of the molecule is CN=C(NCC1(C2CC2)CC1)NC1CCN(Cc2ccc(Br)cc2)CC1. The Morgan fingerprint density at radius 1 is 1.15 bits per heavy atom. The first-order chi connectivity index (χ1) is 12.7. The Labute approximate surface area is 166 Å². The van der Waals surface area contributed by atoms with E-state index >= 15 is 0 Å². The summed E-state index contributed by atoms with van der Waals surface area (Å²) in [6.07, 6.45) is 8.09. The second-order valence-corrected chi connectivity index (χ2v) is 9.30. The number of likely N-dealkylation sites (tertiary alicyclic amines) is 1. The van der Waals surface area contributed by atoms with Gasteiger partial charge in [-0.15, -0.1) is 0 Å². The van der Waals surface area contributed by atoms with Crippen molar-refractivity contribution in [3.05, 3.63) is 34.3 Å². The highest BCUT2D eigenvalue weighted by atomic mass is 79.9. The Hall–Kier alpha value is -1.07. The van der Waals surface area contributed by atoms with Gasteiger partial charge in [-0.25, -0.2) is 0 Å². The fraction of sp³-hybridized carbons (Fsp3) is 0.667. The molecule has 0 bridgehead atoms. The van der Waals surface area contributed by atoms with E-state index in [0.717, 1.165) is 42.5 Å². The van der Waals surface area contributed by atoms with Crippen molar-refractivity contribution in [1.82, 2.24) is 15.5 Å². The van der Waals surface area contributed by atoms with Crippen molar-refractivity contribution in [2.45, 2.75) is 51.1 Å². The van der Waals surface area contributed by atoms with Gasteiger partial charge < -0.3 is 10.6 Å². The first-order valence-corrected chi connectivity index (χ1v) is 10.9. The number of hydrogen-bond donors (Lipinski definition) is 2. The predicted molar refractivity (Wildman–Crippen MR) is 111 cm³/mol. The van der Waals surface area contributed by atoms with E-state index in [1.807, 2.05) is 7.05 Å². The maximum atomic E-state index is 4.46. The Balaban J connectivity index is 1.19. The third-order valence-electron chi connectivity index (χ3n) is 6.41. The minimum absolute atomic E-state index is 0.540. The largest absolute Gasteiger partial charge is 0.356 e. The van der Waals surface area contributed by atoms with Gasteiger partial charge >= 0.3 is 0 Å². The van der Waals surface area contributed by atoms with Crippen LogP contribution in [0.15, 0.2) is 33.7 Å². The highest BCUT2D eigenvalue weighted by molar-refractivity contribution is 9.10. The van der Waals surface area contributed by atoms with Gasteiger partial charge in [0.1, 0.15) is 0 Å². The second-order valence-electron chi connectivity index (χ2n) is 8.38. The first-order valence-electron chi connectivity index (χ1n) is 10.1. The fourth-order valence-electron chi connectivity index (χ4n) is 4.32. The highest BCUT2D eigenvalue weighted by Gasteiger charge is 2.53. The van der Waals surface area contributed by atoms with Crippen molar-refractivity contribution in [2.24, 2.45) is 16.3 Å². The van der Waals surface area contributed by atoms with E-state index in [9.17, 15) is 0 Å². The van der Waals surface area contributed by atoms with Crippen molar-refractivity contribution in [3.63, 3.8) is 0 Å². The number of piperidine rings is 1. The van der Waals surface area contributed by atoms with Crippen LogP contribution >= 0.6 is 15.9 Å². The topological polar surface area (TPSA) is 39.7 Å². The average Bonchev–Trinajstić information content (AvgIpc) is 3.55. The molecule has 3 fully saturated rings. The molecule has 142 valence electrons. The molecule has 0 unspecified atom stereocenters. The van der Waals surface area contributed by atoms with Crippen LogP contribution in [-0.2, 0) is 6.54 Å². The Kier molecular flexibility index (Phi) is 5.55. The standard InChI is InChI=1S/C21H31BrN4/c1-23-20(24-15-21(10-11-21)17-4-5-17)25-19-8-12-26(13-9-19)14-16-2-6-18(22)7-3-16/h2-3,6-7,17,19H,4-5,8-15H2,1H3,(H2,23,24,25). The van der Waals surface area contributed by atoms with E-state index in [4.69, 9.17) is 0 Å². The van der Waals surface area contributed by atoms with Crippen molar-refractivity contribution < 1.29 is 0 Å². The first kappa shape index (κ1) is 18.3. The summed E-state index contributed by atoms with van der Waals surface area (Å²) in [4.78, 5) is 7.02. The van der Waals surface area contributed by atoms with Crippen LogP contribution in [0.4, 0.5) is 0 Å². The van der Waals surface area contributed by atoms with Gasteiger partial charge in [0.05, 0.1) is 0 Å². The van der Waals surface area contributed by atoms with E-state index in [2.05, 4.69) is 60.7 Å². The minimum atomic E-state index is 0.540.